The van der Waals surface area contributed by atoms with E-state index in [1.807, 2.05) is 24.3 Å². The third-order valence-corrected chi connectivity index (χ3v) is 4.23. The van der Waals surface area contributed by atoms with Crippen LogP contribution in [0.3, 0.4) is 0 Å². The van der Waals surface area contributed by atoms with Crippen molar-refractivity contribution in [2.75, 3.05) is 5.32 Å². The van der Waals surface area contributed by atoms with E-state index in [9.17, 15) is 9.18 Å². The number of amides is 1. The monoisotopic (exact) mass is 362 g/mol. The van der Waals surface area contributed by atoms with Crippen molar-refractivity contribution in [2.24, 2.45) is 0 Å². The summed E-state index contributed by atoms with van der Waals surface area (Å²) in [7, 11) is 0. The van der Waals surface area contributed by atoms with Crippen molar-refractivity contribution >= 4 is 11.6 Å². The highest BCUT2D eigenvalue weighted by Gasteiger charge is 2.07. The molecule has 0 aromatic heterocycles. The predicted molar refractivity (Wildman–Crippen MR) is 108 cm³/mol. The number of benzene rings is 3. The minimum Gasteiger partial charge on any atom is -0.322 e. The van der Waals surface area contributed by atoms with Gasteiger partial charge in [-0.15, -0.1) is 0 Å². The molecule has 3 aromatic rings. The maximum absolute atomic E-state index is 13.0. The summed E-state index contributed by atoms with van der Waals surface area (Å²) in [6.07, 6.45) is 0. The van der Waals surface area contributed by atoms with Crippen LogP contribution in [0.2, 0.25) is 0 Å². The summed E-state index contributed by atoms with van der Waals surface area (Å²) in [6, 6.07) is 22.0. The standard InChI is InChI=1S/C23H23FN2O/c1-16(2)25-15-17-6-8-18(9-7-17)20-4-3-5-22(14-20)26-23(27)19-10-12-21(24)13-11-19/h3-14,16,25H,15H2,1-2H3,(H,26,27). The molecule has 0 unspecified atom stereocenters. The molecule has 0 heterocycles. The number of carbonyl (C=O) groups excluding carboxylic acids is 1. The molecule has 0 saturated carbocycles. The lowest BCUT2D eigenvalue weighted by Crippen LogP contribution is -2.21. The highest BCUT2D eigenvalue weighted by molar-refractivity contribution is 6.04. The zero-order valence-electron chi connectivity index (χ0n) is 15.5. The van der Waals surface area contributed by atoms with Crippen molar-refractivity contribution in [3.63, 3.8) is 0 Å². The van der Waals surface area contributed by atoms with Gasteiger partial charge in [0.25, 0.3) is 5.91 Å². The Balaban J connectivity index is 1.71. The summed E-state index contributed by atoms with van der Waals surface area (Å²) >= 11 is 0. The number of carbonyl (C=O) groups is 1. The second-order valence-electron chi connectivity index (χ2n) is 6.77. The molecule has 0 radical (unpaired) electrons. The van der Waals surface area contributed by atoms with Gasteiger partial charge in [-0.25, -0.2) is 4.39 Å². The number of hydrogen-bond donors (Lipinski definition) is 2. The first-order valence-electron chi connectivity index (χ1n) is 9.01. The average molecular weight is 362 g/mol. The molecule has 138 valence electrons. The van der Waals surface area contributed by atoms with Crippen molar-refractivity contribution in [2.45, 2.75) is 26.4 Å². The maximum Gasteiger partial charge on any atom is 0.255 e. The Bertz CT molecular complexity index is 902. The van der Waals surface area contributed by atoms with Gasteiger partial charge in [-0.3, -0.25) is 4.79 Å². The third-order valence-electron chi connectivity index (χ3n) is 4.23. The average Bonchev–Trinajstić information content (AvgIpc) is 2.67. The van der Waals surface area contributed by atoms with E-state index in [2.05, 4.69) is 48.7 Å². The lowest BCUT2D eigenvalue weighted by molar-refractivity contribution is 0.102. The van der Waals surface area contributed by atoms with Crippen LogP contribution >= 0.6 is 0 Å². The van der Waals surface area contributed by atoms with Crippen molar-refractivity contribution in [3.8, 4) is 11.1 Å². The molecular weight excluding hydrogens is 339 g/mol. The Morgan fingerprint density at radius 1 is 0.926 bits per heavy atom. The Morgan fingerprint density at radius 3 is 2.30 bits per heavy atom. The van der Waals surface area contributed by atoms with Crippen LogP contribution in [0.15, 0.2) is 72.8 Å². The fourth-order valence-electron chi connectivity index (χ4n) is 2.72. The topological polar surface area (TPSA) is 41.1 Å². The Labute approximate surface area is 159 Å². The van der Waals surface area contributed by atoms with E-state index in [0.717, 1.165) is 17.7 Å². The van der Waals surface area contributed by atoms with Crippen LogP contribution in [0.1, 0.15) is 29.8 Å². The summed E-state index contributed by atoms with van der Waals surface area (Å²) < 4.78 is 13.0. The normalized spacial score (nSPS) is 10.8. The van der Waals surface area contributed by atoms with Crippen LogP contribution in [0.4, 0.5) is 10.1 Å². The minimum atomic E-state index is -0.361. The first kappa shape index (κ1) is 18.8. The fraction of sp³-hybridized carbons (Fsp3) is 0.174. The molecule has 3 nitrogen and oxygen atoms in total. The summed E-state index contributed by atoms with van der Waals surface area (Å²) in [6.45, 7) is 5.09. The van der Waals surface area contributed by atoms with Gasteiger partial charge in [0.05, 0.1) is 0 Å². The molecule has 3 rings (SSSR count). The van der Waals surface area contributed by atoms with Crippen molar-refractivity contribution < 1.29 is 9.18 Å². The summed E-state index contributed by atoms with van der Waals surface area (Å²) in [5, 5.41) is 6.26. The van der Waals surface area contributed by atoms with Crippen molar-refractivity contribution in [3.05, 3.63) is 89.7 Å². The van der Waals surface area contributed by atoms with Gasteiger partial charge < -0.3 is 10.6 Å². The van der Waals surface area contributed by atoms with Gasteiger partial charge in [-0.05, 0) is 53.1 Å². The van der Waals surface area contributed by atoms with Gasteiger partial charge in [-0.2, -0.15) is 0 Å². The quantitative estimate of drug-likeness (QED) is 0.629. The van der Waals surface area contributed by atoms with Crippen molar-refractivity contribution in [1.82, 2.24) is 5.32 Å². The van der Waals surface area contributed by atoms with E-state index in [0.29, 0.717) is 17.3 Å². The molecule has 0 aliphatic carbocycles. The molecule has 1 amide bonds. The molecule has 0 bridgehead atoms. The lowest BCUT2D eigenvalue weighted by atomic mass is 10.0. The van der Waals surface area contributed by atoms with Crippen molar-refractivity contribution in [1.29, 1.82) is 0 Å². The van der Waals surface area contributed by atoms with Gasteiger partial charge >= 0.3 is 0 Å². The van der Waals surface area contributed by atoms with E-state index < -0.39 is 0 Å². The molecule has 0 spiro atoms. The van der Waals surface area contributed by atoms with E-state index in [4.69, 9.17) is 0 Å². The highest BCUT2D eigenvalue weighted by Crippen LogP contribution is 2.23. The van der Waals surface area contributed by atoms with Gasteiger partial charge in [0.15, 0.2) is 0 Å². The van der Waals surface area contributed by atoms with Gasteiger partial charge in [0.2, 0.25) is 0 Å². The molecular formula is C23H23FN2O. The van der Waals surface area contributed by atoms with E-state index >= 15 is 0 Å². The molecule has 0 aliphatic rings. The van der Waals surface area contributed by atoms with Crippen LogP contribution in [0.25, 0.3) is 11.1 Å². The first-order chi connectivity index (χ1) is 13.0. The van der Waals surface area contributed by atoms with Gasteiger partial charge in [0.1, 0.15) is 5.82 Å². The largest absolute Gasteiger partial charge is 0.322 e. The van der Waals surface area contributed by atoms with E-state index in [1.54, 1.807) is 0 Å². The second-order valence-corrected chi connectivity index (χ2v) is 6.77. The summed E-state index contributed by atoms with van der Waals surface area (Å²) in [4.78, 5) is 12.3. The number of nitrogens with one attached hydrogen (secondary N) is 2. The number of anilines is 1. The van der Waals surface area contributed by atoms with Crippen LogP contribution in [-0.4, -0.2) is 11.9 Å². The van der Waals surface area contributed by atoms with Crippen LogP contribution in [-0.2, 0) is 6.54 Å². The highest BCUT2D eigenvalue weighted by atomic mass is 19.1. The van der Waals surface area contributed by atoms with Crippen LogP contribution in [0, 0.1) is 5.82 Å². The molecule has 4 heteroatoms. The predicted octanol–water partition coefficient (Wildman–Crippen LogP) is 5.24. The zero-order valence-corrected chi connectivity index (χ0v) is 15.5. The second kappa shape index (κ2) is 8.60. The smallest absolute Gasteiger partial charge is 0.255 e. The molecule has 0 saturated heterocycles. The summed E-state index contributed by atoms with van der Waals surface area (Å²) in [5.41, 5.74) is 4.46. The summed E-state index contributed by atoms with van der Waals surface area (Å²) in [5.74, 6) is -0.622. The molecule has 3 aromatic carbocycles. The van der Waals surface area contributed by atoms with E-state index in [1.165, 1.54) is 29.8 Å². The number of rotatable bonds is 6. The van der Waals surface area contributed by atoms with Crippen LogP contribution < -0.4 is 10.6 Å². The molecule has 0 aliphatic heterocycles. The Kier molecular flexibility index (Phi) is 5.99. The zero-order chi connectivity index (χ0) is 19.2. The van der Waals surface area contributed by atoms with Gasteiger partial charge in [-0.1, -0.05) is 50.2 Å². The van der Waals surface area contributed by atoms with Gasteiger partial charge in [0, 0.05) is 23.8 Å². The fourth-order valence-corrected chi connectivity index (χ4v) is 2.72. The molecule has 0 atom stereocenters. The maximum atomic E-state index is 13.0. The third kappa shape index (κ3) is 5.25. The SMILES string of the molecule is CC(C)NCc1ccc(-c2cccc(NC(=O)c3ccc(F)cc3)c2)cc1. The first-order valence-corrected chi connectivity index (χ1v) is 9.01. The lowest BCUT2D eigenvalue weighted by Gasteiger charge is -2.10. The Morgan fingerprint density at radius 2 is 1.63 bits per heavy atom. The number of hydrogen-bond acceptors (Lipinski definition) is 2. The number of halogens is 1. The molecule has 2 N–H and O–H groups in total. The van der Waals surface area contributed by atoms with Crippen LogP contribution in [0.5, 0.6) is 0 Å². The Hall–Kier alpha value is -2.98. The van der Waals surface area contributed by atoms with E-state index in [-0.39, 0.29) is 11.7 Å². The molecule has 27 heavy (non-hydrogen) atoms. The molecule has 0 fully saturated rings. The minimum absolute atomic E-state index is 0.262.